The molecule has 98 valence electrons. The van der Waals surface area contributed by atoms with E-state index in [1.165, 1.54) is 7.11 Å². The molecule has 6 heteroatoms. The number of rotatable bonds is 2. The second-order valence-corrected chi connectivity index (χ2v) is 4.53. The highest BCUT2D eigenvalue weighted by Crippen LogP contribution is 1.99. The molecule has 6 nitrogen and oxygen atoms in total. The van der Waals surface area contributed by atoms with Crippen molar-refractivity contribution in [3.8, 4) is 0 Å². The number of nitrogens with one attached hydrogen (secondary N) is 2. The third kappa shape index (κ3) is 3.98. The second kappa shape index (κ2) is 5.97. The summed E-state index contributed by atoms with van der Waals surface area (Å²) < 4.78 is 10.0. The van der Waals surface area contributed by atoms with E-state index in [1.54, 1.807) is 6.92 Å². The molecule has 0 bridgehead atoms. The van der Waals surface area contributed by atoms with Crippen LogP contribution in [0.25, 0.3) is 0 Å². The summed E-state index contributed by atoms with van der Waals surface area (Å²) in [7, 11) is 1.24. The maximum absolute atomic E-state index is 11.8. The number of alkyl carbamates (subject to hydrolysis) is 1. The minimum atomic E-state index is -0.712. The van der Waals surface area contributed by atoms with Crippen molar-refractivity contribution in [2.45, 2.75) is 39.0 Å². The highest BCUT2D eigenvalue weighted by atomic mass is 16.5. The fraction of sp³-hybridized carbons (Fsp3) is 0.818. The summed E-state index contributed by atoms with van der Waals surface area (Å²) in [4.78, 5) is 23.8. The first-order chi connectivity index (χ1) is 7.93. The first kappa shape index (κ1) is 13.9. The number of amides is 2. The molecule has 2 amide bonds. The van der Waals surface area contributed by atoms with Crippen LogP contribution in [-0.4, -0.2) is 50.4 Å². The molecule has 0 radical (unpaired) electrons. The van der Waals surface area contributed by atoms with Crippen LogP contribution in [0, 0.1) is 0 Å². The summed E-state index contributed by atoms with van der Waals surface area (Å²) in [5.41, 5.74) is 0. The van der Waals surface area contributed by atoms with Gasteiger partial charge in [0, 0.05) is 0 Å². The Labute approximate surface area is 101 Å². The number of carbonyl (C=O) groups is 2. The van der Waals surface area contributed by atoms with Gasteiger partial charge in [0.05, 0.1) is 7.11 Å². The second-order valence-electron chi connectivity index (χ2n) is 4.53. The molecule has 1 aliphatic rings. The zero-order valence-corrected chi connectivity index (χ0v) is 10.8. The van der Waals surface area contributed by atoms with Gasteiger partial charge < -0.3 is 14.4 Å². The Kier molecular flexibility index (Phi) is 4.89. The lowest BCUT2D eigenvalue weighted by molar-refractivity contribution is -0.928. The summed E-state index contributed by atoms with van der Waals surface area (Å²) in [6, 6.07) is -0.289. The quantitative estimate of drug-likeness (QED) is 0.651. The molecule has 1 unspecified atom stereocenters. The maximum Gasteiger partial charge on any atom is 0.413 e. The lowest BCUT2D eigenvalue weighted by Gasteiger charge is -2.35. The van der Waals surface area contributed by atoms with Crippen molar-refractivity contribution >= 4 is 12.0 Å². The standard InChI is InChI=1S/C11H20N2O4/c1-7-5-13(6-8(2)17-7)9(3)10(14)12-11(15)16-4/h7-9H,5-6H2,1-4H3,(H,12,14,15)/p+1/t7-,8+,9-/m0/s1. The van der Waals surface area contributed by atoms with E-state index in [4.69, 9.17) is 4.74 Å². The van der Waals surface area contributed by atoms with Gasteiger partial charge >= 0.3 is 6.09 Å². The van der Waals surface area contributed by atoms with E-state index in [2.05, 4.69) is 10.1 Å². The third-order valence-electron chi connectivity index (χ3n) is 2.98. The predicted octanol–water partition coefficient (Wildman–Crippen LogP) is -1.05. The number of methoxy groups -OCH3 is 1. The third-order valence-corrected chi connectivity index (χ3v) is 2.98. The van der Waals surface area contributed by atoms with Crippen LogP contribution in [0.15, 0.2) is 0 Å². The number of morpholine rings is 1. The first-order valence-corrected chi connectivity index (χ1v) is 5.83. The van der Waals surface area contributed by atoms with Crippen LogP contribution in [0.4, 0.5) is 4.79 Å². The molecule has 0 saturated carbocycles. The van der Waals surface area contributed by atoms with Gasteiger partial charge in [0.25, 0.3) is 5.91 Å². The summed E-state index contributed by atoms with van der Waals surface area (Å²) in [6.07, 6.45) is -0.458. The largest absolute Gasteiger partial charge is 0.453 e. The summed E-state index contributed by atoms with van der Waals surface area (Å²) in [5.74, 6) is -0.312. The van der Waals surface area contributed by atoms with Crippen LogP contribution in [0.1, 0.15) is 20.8 Å². The minimum Gasteiger partial charge on any atom is -0.453 e. The molecule has 4 atom stereocenters. The summed E-state index contributed by atoms with van der Waals surface area (Å²) >= 11 is 0. The molecule has 1 aliphatic heterocycles. The van der Waals surface area contributed by atoms with Crippen molar-refractivity contribution in [2.24, 2.45) is 0 Å². The lowest BCUT2D eigenvalue weighted by atomic mass is 10.1. The Balaban J connectivity index is 2.53. The lowest BCUT2D eigenvalue weighted by Crippen LogP contribution is -3.19. The summed E-state index contributed by atoms with van der Waals surface area (Å²) in [5, 5.41) is 2.19. The van der Waals surface area contributed by atoms with Crippen molar-refractivity contribution in [1.29, 1.82) is 0 Å². The molecule has 1 rings (SSSR count). The SMILES string of the molecule is COC(=O)NC(=O)[C@H](C)[NH+]1C[C@@H](C)O[C@@H](C)C1. The number of hydrogen-bond donors (Lipinski definition) is 2. The molecular weight excluding hydrogens is 224 g/mol. The van der Waals surface area contributed by atoms with E-state index in [-0.39, 0.29) is 24.2 Å². The molecule has 1 fully saturated rings. The molecule has 1 saturated heterocycles. The van der Waals surface area contributed by atoms with E-state index in [9.17, 15) is 9.59 Å². The monoisotopic (exact) mass is 245 g/mol. The van der Waals surface area contributed by atoms with Gasteiger partial charge in [0.15, 0.2) is 6.04 Å². The van der Waals surface area contributed by atoms with E-state index in [0.29, 0.717) is 0 Å². The van der Waals surface area contributed by atoms with Crippen LogP contribution in [0.2, 0.25) is 0 Å². The van der Waals surface area contributed by atoms with Crippen molar-refractivity contribution in [3.63, 3.8) is 0 Å². The fourth-order valence-electron chi connectivity index (χ4n) is 2.11. The van der Waals surface area contributed by atoms with Gasteiger partial charge in [-0.2, -0.15) is 0 Å². The van der Waals surface area contributed by atoms with Crippen LogP contribution in [0.5, 0.6) is 0 Å². The van der Waals surface area contributed by atoms with Gasteiger partial charge in [-0.3, -0.25) is 10.1 Å². The zero-order valence-electron chi connectivity index (χ0n) is 10.8. The smallest absolute Gasteiger partial charge is 0.413 e. The van der Waals surface area contributed by atoms with Gasteiger partial charge in [0.2, 0.25) is 0 Å². The molecule has 2 N–H and O–H groups in total. The average Bonchev–Trinajstić information content (AvgIpc) is 2.26. The Hall–Kier alpha value is -1.14. The van der Waals surface area contributed by atoms with Crippen molar-refractivity contribution in [2.75, 3.05) is 20.2 Å². The van der Waals surface area contributed by atoms with Crippen LogP contribution in [0.3, 0.4) is 0 Å². The number of imide groups is 1. The molecule has 0 spiro atoms. The van der Waals surface area contributed by atoms with Gasteiger partial charge in [-0.15, -0.1) is 0 Å². The average molecular weight is 245 g/mol. The van der Waals surface area contributed by atoms with E-state index >= 15 is 0 Å². The Bertz CT molecular complexity index is 285. The maximum atomic E-state index is 11.8. The number of ether oxygens (including phenoxy) is 2. The van der Waals surface area contributed by atoms with Gasteiger partial charge in [-0.1, -0.05) is 0 Å². The Morgan fingerprint density at radius 3 is 2.35 bits per heavy atom. The zero-order chi connectivity index (χ0) is 13.0. The predicted molar refractivity (Wildman–Crippen MR) is 60.7 cm³/mol. The Morgan fingerprint density at radius 1 is 1.35 bits per heavy atom. The van der Waals surface area contributed by atoms with E-state index in [1.807, 2.05) is 13.8 Å². The highest BCUT2D eigenvalue weighted by Gasteiger charge is 2.33. The molecule has 0 aliphatic carbocycles. The highest BCUT2D eigenvalue weighted by molar-refractivity contribution is 5.93. The van der Waals surface area contributed by atoms with Crippen LogP contribution in [-0.2, 0) is 14.3 Å². The van der Waals surface area contributed by atoms with Crippen molar-refractivity contribution in [3.05, 3.63) is 0 Å². The Morgan fingerprint density at radius 2 is 1.88 bits per heavy atom. The van der Waals surface area contributed by atoms with E-state index in [0.717, 1.165) is 18.0 Å². The topological polar surface area (TPSA) is 69.1 Å². The van der Waals surface area contributed by atoms with Gasteiger partial charge in [0.1, 0.15) is 25.3 Å². The summed E-state index contributed by atoms with van der Waals surface area (Å²) in [6.45, 7) is 7.31. The molecule has 0 aromatic carbocycles. The number of hydrogen-bond acceptors (Lipinski definition) is 4. The van der Waals surface area contributed by atoms with Crippen molar-refractivity contribution in [1.82, 2.24) is 5.32 Å². The van der Waals surface area contributed by atoms with Crippen LogP contribution < -0.4 is 10.2 Å². The fourth-order valence-corrected chi connectivity index (χ4v) is 2.11. The number of carbonyl (C=O) groups excluding carboxylic acids is 2. The number of quaternary nitrogens is 1. The van der Waals surface area contributed by atoms with Crippen molar-refractivity contribution < 1.29 is 24.0 Å². The molecular formula is C11H21N2O4+. The molecule has 17 heavy (non-hydrogen) atoms. The first-order valence-electron chi connectivity index (χ1n) is 5.83. The van der Waals surface area contributed by atoms with Crippen LogP contribution >= 0.6 is 0 Å². The minimum absolute atomic E-state index is 0.127. The van der Waals surface area contributed by atoms with E-state index < -0.39 is 6.09 Å². The molecule has 0 aromatic heterocycles. The molecule has 0 aromatic rings. The van der Waals surface area contributed by atoms with Gasteiger partial charge in [-0.25, -0.2) is 4.79 Å². The molecule has 1 heterocycles. The normalized spacial score (nSPS) is 30.5. The van der Waals surface area contributed by atoms with Gasteiger partial charge in [-0.05, 0) is 20.8 Å².